The van der Waals surface area contributed by atoms with Crippen molar-refractivity contribution in [2.24, 2.45) is 0 Å². The van der Waals surface area contributed by atoms with Crippen molar-refractivity contribution in [1.29, 1.82) is 0 Å². The molecular formula is C25H23FN4O2S. The first-order valence-electron chi connectivity index (χ1n) is 11.2. The molecule has 0 saturated carbocycles. The molecule has 6 rings (SSSR count). The zero-order chi connectivity index (χ0) is 22.7. The number of carbonyl (C=O) groups is 1. The van der Waals surface area contributed by atoms with Crippen LogP contribution in [0.1, 0.15) is 57.4 Å². The highest BCUT2D eigenvalue weighted by Gasteiger charge is 2.31. The van der Waals surface area contributed by atoms with E-state index in [4.69, 9.17) is 10.5 Å². The molecule has 0 unspecified atom stereocenters. The summed E-state index contributed by atoms with van der Waals surface area (Å²) in [6.07, 6.45) is 2.79. The fourth-order valence-electron chi connectivity index (χ4n) is 5.10. The van der Waals surface area contributed by atoms with Crippen LogP contribution in [0.5, 0.6) is 0 Å². The summed E-state index contributed by atoms with van der Waals surface area (Å²) in [5, 5.41) is 1.75. The Hall–Kier alpha value is -3.10. The molecule has 2 aromatic heterocycles. The number of hydrogen-bond donors (Lipinski definition) is 1. The number of nitrogens with two attached hydrogens (primary N) is 1. The van der Waals surface area contributed by atoms with Gasteiger partial charge in [0, 0.05) is 23.6 Å². The van der Waals surface area contributed by atoms with Gasteiger partial charge in [-0.1, -0.05) is 6.07 Å². The maximum atomic E-state index is 15.2. The lowest BCUT2D eigenvalue weighted by atomic mass is 9.93. The molecule has 2 aliphatic rings. The third-order valence-electron chi connectivity index (χ3n) is 6.72. The fourth-order valence-corrected chi connectivity index (χ4v) is 5.97. The summed E-state index contributed by atoms with van der Waals surface area (Å²) in [7, 11) is 0. The molecule has 33 heavy (non-hydrogen) atoms. The predicted octanol–water partition coefficient (Wildman–Crippen LogP) is 5.27. The lowest BCUT2D eigenvalue weighted by Gasteiger charge is -2.36. The Morgan fingerprint density at radius 1 is 1.15 bits per heavy atom. The molecule has 1 atom stereocenters. The molecule has 6 nitrogen and oxygen atoms in total. The maximum Gasteiger partial charge on any atom is 0.257 e. The average Bonchev–Trinajstić information content (AvgIpc) is 3.44. The van der Waals surface area contributed by atoms with Crippen molar-refractivity contribution >= 4 is 44.2 Å². The number of thiazole rings is 1. The van der Waals surface area contributed by atoms with Crippen molar-refractivity contribution in [3.05, 3.63) is 63.4 Å². The van der Waals surface area contributed by atoms with Crippen LogP contribution in [-0.4, -0.2) is 27.3 Å². The van der Waals surface area contributed by atoms with Crippen molar-refractivity contribution < 1.29 is 13.9 Å². The minimum absolute atomic E-state index is 0.0739. The van der Waals surface area contributed by atoms with Crippen LogP contribution in [0.4, 0.5) is 10.2 Å². The second-order valence-corrected chi connectivity index (χ2v) is 10.0. The molecule has 4 heterocycles. The first-order valence-corrected chi connectivity index (χ1v) is 12.0. The van der Waals surface area contributed by atoms with Gasteiger partial charge in [0.1, 0.15) is 11.6 Å². The highest BCUT2D eigenvalue weighted by molar-refractivity contribution is 7.18. The number of rotatable bonds is 2. The number of benzene rings is 2. The van der Waals surface area contributed by atoms with Crippen LogP contribution in [0.3, 0.4) is 0 Å². The Morgan fingerprint density at radius 3 is 2.88 bits per heavy atom. The number of halogens is 1. The molecule has 2 aliphatic heterocycles. The molecule has 4 aromatic rings. The summed E-state index contributed by atoms with van der Waals surface area (Å²) in [5.41, 5.74) is 10.3. The van der Waals surface area contributed by atoms with Crippen molar-refractivity contribution in [1.82, 2.24) is 14.9 Å². The lowest BCUT2D eigenvalue weighted by molar-refractivity contribution is 0.0607. The smallest absolute Gasteiger partial charge is 0.257 e. The number of amides is 1. The molecule has 0 radical (unpaired) electrons. The molecule has 1 fully saturated rings. The Bertz CT molecular complexity index is 1430. The summed E-state index contributed by atoms with van der Waals surface area (Å²) < 4.78 is 21.8. The molecule has 1 saturated heterocycles. The number of aryl methyl sites for hydroxylation is 1. The normalized spacial score (nSPS) is 18.2. The van der Waals surface area contributed by atoms with E-state index in [9.17, 15) is 4.79 Å². The molecule has 8 heteroatoms. The van der Waals surface area contributed by atoms with E-state index in [1.165, 1.54) is 6.07 Å². The highest BCUT2D eigenvalue weighted by Crippen LogP contribution is 2.37. The summed E-state index contributed by atoms with van der Waals surface area (Å²) in [4.78, 5) is 24.4. The van der Waals surface area contributed by atoms with Crippen molar-refractivity contribution in [2.45, 2.75) is 45.4 Å². The van der Waals surface area contributed by atoms with E-state index in [2.05, 4.69) is 16.0 Å². The van der Waals surface area contributed by atoms with Crippen molar-refractivity contribution in [3.8, 4) is 0 Å². The first kappa shape index (κ1) is 20.5. The fraction of sp³-hybridized carbons (Fsp3) is 0.320. The van der Waals surface area contributed by atoms with Crippen LogP contribution < -0.4 is 5.73 Å². The van der Waals surface area contributed by atoms with E-state index in [1.54, 1.807) is 17.4 Å². The van der Waals surface area contributed by atoms with Gasteiger partial charge in [-0.05, 0) is 55.5 Å². The Labute approximate surface area is 194 Å². The summed E-state index contributed by atoms with van der Waals surface area (Å²) in [6, 6.07) is 9.06. The number of fused-ring (bicyclic) bond motifs is 4. The minimum atomic E-state index is -0.573. The third kappa shape index (κ3) is 3.36. The standard InChI is InChI=1S/C25H23FN4O2S/c1-13-28-20-6-5-14(8-23(20)33-13)22-4-2-3-7-30(22)25(31)16-9-15-17-11-32-12-18(17)24(27)29-21(15)10-19(16)26/h5-6,8-10,22H,2-4,7,11-12H2,1H3,(H2,27,29)/t22-/m1/s1. The number of hydrogen-bond acceptors (Lipinski definition) is 6. The second kappa shape index (κ2) is 7.74. The molecule has 0 spiro atoms. The molecule has 168 valence electrons. The first-order chi connectivity index (χ1) is 16.0. The molecule has 0 aliphatic carbocycles. The van der Waals surface area contributed by atoms with Crippen LogP contribution in [0, 0.1) is 12.7 Å². The van der Waals surface area contributed by atoms with Gasteiger partial charge in [-0.15, -0.1) is 11.3 Å². The number of nitrogen functional groups attached to an aromatic ring is 1. The van der Waals surface area contributed by atoms with E-state index < -0.39 is 5.82 Å². The number of piperidine rings is 1. The topological polar surface area (TPSA) is 81.3 Å². The van der Waals surface area contributed by atoms with Gasteiger partial charge in [0.05, 0.1) is 45.6 Å². The van der Waals surface area contributed by atoms with Crippen molar-refractivity contribution in [2.75, 3.05) is 12.3 Å². The van der Waals surface area contributed by atoms with Crippen LogP contribution in [0.15, 0.2) is 30.3 Å². The van der Waals surface area contributed by atoms with E-state index >= 15 is 4.39 Å². The zero-order valence-corrected chi connectivity index (χ0v) is 19.0. The van der Waals surface area contributed by atoms with E-state index in [-0.39, 0.29) is 17.5 Å². The summed E-state index contributed by atoms with van der Waals surface area (Å²) >= 11 is 1.65. The number of pyridine rings is 1. The Morgan fingerprint density at radius 2 is 2.00 bits per heavy atom. The number of likely N-dealkylation sites (tertiary alicyclic amines) is 1. The number of nitrogens with zero attached hydrogens (tertiary/aromatic N) is 3. The van der Waals surface area contributed by atoms with Gasteiger partial charge >= 0.3 is 0 Å². The van der Waals surface area contributed by atoms with Crippen molar-refractivity contribution in [3.63, 3.8) is 0 Å². The van der Waals surface area contributed by atoms with Gasteiger partial charge in [-0.25, -0.2) is 14.4 Å². The maximum absolute atomic E-state index is 15.2. The number of ether oxygens (including phenoxy) is 1. The van der Waals surface area contributed by atoms with Crippen LogP contribution >= 0.6 is 11.3 Å². The average molecular weight is 463 g/mol. The molecule has 1 amide bonds. The quantitative estimate of drug-likeness (QED) is 0.439. The number of aromatic nitrogens is 2. The van der Waals surface area contributed by atoms with E-state index in [1.807, 2.05) is 24.0 Å². The Kier molecular flexibility index (Phi) is 4.81. The molecule has 2 N–H and O–H groups in total. The molecule has 0 bridgehead atoms. The second-order valence-electron chi connectivity index (χ2n) is 8.77. The van der Waals surface area contributed by atoms with Gasteiger partial charge in [0.15, 0.2) is 0 Å². The molecule has 2 aromatic carbocycles. The SMILES string of the molecule is Cc1nc2ccc([C@H]3CCCCN3C(=O)c3cc4c5c(c(N)nc4cc3F)COC5)cc2s1. The highest BCUT2D eigenvalue weighted by atomic mass is 32.1. The number of anilines is 1. The number of carbonyl (C=O) groups excluding carboxylic acids is 1. The van der Waals surface area contributed by atoms with Crippen LogP contribution in [0.25, 0.3) is 21.1 Å². The van der Waals surface area contributed by atoms with E-state index in [0.717, 1.165) is 56.6 Å². The monoisotopic (exact) mass is 462 g/mol. The largest absolute Gasteiger partial charge is 0.383 e. The van der Waals surface area contributed by atoms with Gasteiger partial charge in [-0.2, -0.15) is 0 Å². The van der Waals surface area contributed by atoms with Gasteiger partial charge < -0.3 is 15.4 Å². The Balaban J connectivity index is 1.41. The van der Waals surface area contributed by atoms with Gasteiger partial charge in [-0.3, -0.25) is 4.79 Å². The van der Waals surface area contributed by atoms with Gasteiger partial charge in [0.2, 0.25) is 0 Å². The summed E-state index contributed by atoms with van der Waals surface area (Å²) in [6.45, 7) is 3.37. The summed E-state index contributed by atoms with van der Waals surface area (Å²) in [5.74, 6) is -0.501. The minimum Gasteiger partial charge on any atom is -0.383 e. The van der Waals surface area contributed by atoms with Gasteiger partial charge in [0.25, 0.3) is 5.91 Å². The van der Waals surface area contributed by atoms with E-state index in [0.29, 0.717) is 31.1 Å². The third-order valence-corrected chi connectivity index (χ3v) is 7.65. The zero-order valence-electron chi connectivity index (χ0n) is 18.2. The lowest BCUT2D eigenvalue weighted by Crippen LogP contribution is -2.38. The van der Waals surface area contributed by atoms with Crippen LogP contribution in [0.2, 0.25) is 0 Å². The predicted molar refractivity (Wildman–Crippen MR) is 127 cm³/mol. The van der Waals surface area contributed by atoms with Crippen LogP contribution in [-0.2, 0) is 18.0 Å². The molecular weight excluding hydrogens is 439 g/mol.